The summed E-state index contributed by atoms with van der Waals surface area (Å²) < 4.78 is 10.6. The van der Waals surface area contributed by atoms with Crippen LogP contribution >= 0.6 is 0 Å². The average Bonchev–Trinajstić information content (AvgIpc) is 2.57. The number of rotatable bonds is 7. The Morgan fingerprint density at radius 1 is 1.48 bits per heavy atom. The second kappa shape index (κ2) is 8.72. The molecule has 1 aromatic heterocycles. The molecule has 0 saturated carbocycles. The van der Waals surface area contributed by atoms with Gasteiger partial charge in [-0.2, -0.15) is 0 Å². The van der Waals surface area contributed by atoms with E-state index in [-0.39, 0.29) is 24.5 Å². The minimum Gasteiger partial charge on any atom is -0.480 e. The fourth-order valence-corrected chi connectivity index (χ4v) is 2.69. The topological polar surface area (TPSA) is 131 Å². The van der Waals surface area contributed by atoms with Gasteiger partial charge in [0.15, 0.2) is 0 Å². The first-order valence-electron chi connectivity index (χ1n) is 8.19. The zero-order valence-electron chi connectivity index (χ0n) is 14.3. The molecule has 9 heteroatoms. The standard InChI is InChI=1S/C16H23N3O6/c1-3-13-17-9(2)10(16(23)19-13)6-14(20)18-11-7-24-5-4-12(11)25-8-15(21)22/h11-12H,3-8H2,1-2H3,(H,18,20)(H,21,22)(H,17,19,23)/t11-,12+/m1/s1. The van der Waals surface area contributed by atoms with E-state index >= 15 is 0 Å². The molecule has 0 aliphatic carbocycles. The van der Waals surface area contributed by atoms with Crippen molar-refractivity contribution in [2.24, 2.45) is 0 Å². The minimum absolute atomic E-state index is 0.111. The van der Waals surface area contributed by atoms with Gasteiger partial charge in [0, 0.05) is 24.3 Å². The van der Waals surface area contributed by atoms with Gasteiger partial charge in [0.2, 0.25) is 5.91 Å². The van der Waals surface area contributed by atoms with Crippen molar-refractivity contribution in [2.75, 3.05) is 19.8 Å². The minimum atomic E-state index is -1.07. The van der Waals surface area contributed by atoms with Gasteiger partial charge in [0.25, 0.3) is 5.56 Å². The maximum absolute atomic E-state index is 12.3. The molecule has 1 saturated heterocycles. The monoisotopic (exact) mass is 353 g/mol. The molecule has 0 unspecified atom stereocenters. The number of aromatic nitrogens is 2. The third-order valence-electron chi connectivity index (χ3n) is 4.00. The van der Waals surface area contributed by atoms with Gasteiger partial charge in [-0.05, 0) is 13.3 Å². The lowest BCUT2D eigenvalue weighted by Gasteiger charge is -2.31. The largest absolute Gasteiger partial charge is 0.480 e. The lowest BCUT2D eigenvalue weighted by molar-refractivity contribution is -0.148. The number of aliphatic carboxylic acids is 1. The van der Waals surface area contributed by atoms with E-state index < -0.39 is 24.7 Å². The second-order valence-corrected chi connectivity index (χ2v) is 5.89. The Morgan fingerprint density at radius 3 is 2.88 bits per heavy atom. The van der Waals surface area contributed by atoms with E-state index in [2.05, 4.69) is 15.3 Å². The smallest absolute Gasteiger partial charge is 0.329 e. The van der Waals surface area contributed by atoms with E-state index in [1.54, 1.807) is 6.92 Å². The molecule has 1 aliphatic heterocycles. The van der Waals surface area contributed by atoms with Crippen LogP contribution in [-0.4, -0.2) is 58.9 Å². The van der Waals surface area contributed by atoms with Gasteiger partial charge in [-0.3, -0.25) is 9.59 Å². The van der Waals surface area contributed by atoms with Crippen molar-refractivity contribution in [2.45, 2.75) is 45.3 Å². The zero-order chi connectivity index (χ0) is 18.4. The summed E-state index contributed by atoms with van der Waals surface area (Å²) in [6.07, 6.45) is 0.545. The van der Waals surface area contributed by atoms with Crippen molar-refractivity contribution in [3.63, 3.8) is 0 Å². The number of carboxylic acid groups (broad SMARTS) is 1. The van der Waals surface area contributed by atoms with Crippen molar-refractivity contribution in [3.8, 4) is 0 Å². The number of aromatic amines is 1. The molecule has 3 N–H and O–H groups in total. The SMILES string of the molecule is CCc1nc(C)c(CC(=O)N[C@@H]2COCC[C@@H]2OCC(=O)O)c(=O)[nH]1. The summed E-state index contributed by atoms with van der Waals surface area (Å²) in [6.45, 7) is 3.82. The van der Waals surface area contributed by atoms with Gasteiger partial charge in [-0.15, -0.1) is 0 Å². The molecule has 138 valence electrons. The molecule has 2 heterocycles. The second-order valence-electron chi connectivity index (χ2n) is 5.89. The molecule has 1 fully saturated rings. The fraction of sp³-hybridized carbons (Fsp3) is 0.625. The summed E-state index contributed by atoms with van der Waals surface area (Å²) in [7, 11) is 0. The predicted molar refractivity (Wildman–Crippen MR) is 87.4 cm³/mol. The number of amides is 1. The number of nitrogens with zero attached hydrogens (tertiary/aromatic N) is 1. The Labute approximate surface area is 144 Å². The van der Waals surface area contributed by atoms with Crippen LogP contribution in [0.5, 0.6) is 0 Å². The van der Waals surface area contributed by atoms with Crippen LogP contribution in [0, 0.1) is 6.92 Å². The van der Waals surface area contributed by atoms with E-state index in [4.69, 9.17) is 14.6 Å². The van der Waals surface area contributed by atoms with Crippen LogP contribution in [0.1, 0.15) is 30.4 Å². The highest BCUT2D eigenvalue weighted by molar-refractivity contribution is 5.79. The molecule has 1 amide bonds. The number of carbonyl (C=O) groups is 2. The molecule has 0 aromatic carbocycles. The normalized spacial score (nSPS) is 20.2. The summed E-state index contributed by atoms with van der Waals surface area (Å²) in [4.78, 5) is 42.0. The molecule has 2 atom stereocenters. The van der Waals surface area contributed by atoms with Crippen LogP contribution in [-0.2, 0) is 31.9 Å². The third-order valence-corrected chi connectivity index (χ3v) is 4.00. The summed E-state index contributed by atoms with van der Waals surface area (Å²) >= 11 is 0. The summed E-state index contributed by atoms with van der Waals surface area (Å²) in [5.41, 5.74) is 0.516. The lowest BCUT2D eigenvalue weighted by atomic mass is 10.1. The highest BCUT2D eigenvalue weighted by Gasteiger charge is 2.29. The fourth-order valence-electron chi connectivity index (χ4n) is 2.69. The average molecular weight is 353 g/mol. The van der Waals surface area contributed by atoms with Crippen LogP contribution in [0.4, 0.5) is 0 Å². The maximum atomic E-state index is 12.3. The van der Waals surface area contributed by atoms with Gasteiger partial charge >= 0.3 is 5.97 Å². The van der Waals surface area contributed by atoms with Crippen LogP contribution in [0.2, 0.25) is 0 Å². The first-order valence-corrected chi connectivity index (χ1v) is 8.19. The van der Waals surface area contributed by atoms with Crippen molar-refractivity contribution >= 4 is 11.9 Å². The number of aryl methyl sites for hydroxylation is 2. The first kappa shape index (κ1) is 19.1. The number of ether oxygens (including phenoxy) is 2. The first-order chi connectivity index (χ1) is 11.9. The van der Waals surface area contributed by atoms with Crippen LogP contribution in [0.25, 0.3) is 0 Å². The molecular weight excluding hydrogens is 330 g/mol. The van der Waals surface area contributed by atoms with Crippen molar-refractivity contribution < 1.29 is 24.2 Å². The molecule has 2 rings (SSSR count). The Morgan fingerprint density at radius 2 is 2.24 bits per heavy atom. The molecule has 0 radical (unpaired) electrons. The molecule has 1 aromatic rings. The number of carboxylic acids is 1. The van der Waals surface area contributed by atoms with E-state index in [9.17, 15) is 14.4 Å². The van der Waals surface area contributed by atoms with Gasteiger partial charge < -0.3 is 24.9 Å². The molecule has 1 aliphatic rings. The summed E-state index contributed by atoms with van der Waals surface area (Å²) in [6, 6.07) is -0.456. The highest BCUT2D eigenvalue weighted by Crippen LogP contribution is 2.12. The Hall–Kier alpha value is -2.26. The van der Waals surface area contributed by atoms with Gasteiger partial charge in [-0.25, -0.2) is 9.78 Å². The molecule has 9 nitrogen and oxygen atoms in total. The van der Waals surface area contributed by atoms with Gasteiger partial charge in [-0.1, -0.05) is 6.92 Å². The van der Waals surface area contributed by atoms with E-state index in [1.165, 1.54) is 0 Å². The number of H-pyrrole nitrogens is 1. The van der Waals surface area contributed by atoms with Gasteiger partial charge in [0.1, 0.15) is 12.4 Å². The third kappa shape index (κ3) is 5.36. The highest BCUT2D eigenvalue weighted by atomic mass is 16.5. The molecular formula is C16H23N3O6. The summed E-state index contributed by atoms with van der Waals surface area (Å²) in [5, 5.41) is 11.5. The number of nitrogens with one attached hydrogen (secondary N) is 2. The van der Waals surface area contributed by atoms with Gasteiger partial charge in [0.05, 0.1) is 25.2 Å². The van der Waals surface area contributed by atoms with Crippen molar-refractivity contribution in [3.05, 3.63) is 27.4 Å². The molecule has 25 heavy (non-hydrogen) atoms. The predicted octanol–water partition coefficient (Wildman–Crippen LogP) is -0.442. The maximum Gasteiger partial charge on any atom is 0.329 e. The quantitative estimate of drug-likeness (QED) is 0.605. The number of carbonyl (C=O) groups excluding carboxylic acids is 1. The molecule has 0 spiro atoms. The Balaban J connectivity index is 2.01. The number of hydrogen-bond acceptors (Lipinski definition) is 6. The van der Waals surface area contributed by atoms with Crippen molar-refractivity contribution in [1.82, 2.24) is 15.3 Å². The lowest BCUT2D eigenvalue weighted by Crippen LogP contribution is -2.51. The number of hydrogen-bond donors (Lipinski definition) is 3. The van der Waals surface area contributed by atoms with Crippen molar-refractivity contribution in [1.29, 1.82) is 0 Å². The van der Waals surface area contributed by atoms with Crippen LogP contribution < -0.4 is 10.9 Å². The van der Waals surface area contributed by atoms with E-state index in [0.29, 0.717) is 36.5 Å². The Kier molecular flexibility index (Phi) is 6.65. The van der Waals surface area contributed by atoms with Crippen LogP contribution in [0.3, 0.4) is 0 Å². The molecule has 0 bridgehead atoms. The van der Waals surface area contributed by atoms with E-state index in [0.717, 1.165) is 0 Å². The van der Waals surface area contributed by atoms with Crippen LogP contribution in [0.15, 0.2) is 4.79 Å². The van der Waals surface area contributed by atoms with E-state index in [1.807, 2.05) is 6.92 Å². The summed E-state index contributed by atoms with van der Waals surface area (Å²) in [5.74, 6) is -0.852. The zero-order valence-corrected chi connectivity index (χ0v) is 14.3. The Bertz CT molecular complexity index is 687.